The fourth-order valence-corrected chi connectivity index (χ4v) is 6.07. The van der Waals surface area contributed by atoms with E-state index in [1.54, 1.807) is 7.11 Å². The molecule has 0 bridgehead atoms. The maximum atomic E-state index is 12.0. The second kappa shape index (κ2) is 9.33. The maximum absolute atomic E-state index is 12.0. The van der Waals surface area contributed by atoms with Crippen LogP contribution in [0.3, 0.4) is 0 Å². The highest BCUT2D eigenvalue weighted by Crippen LogP contribution is 2.51. The molecule has 1 unspecified atom stereocenters. The number of benzene rings is 2. The zero-order valence-corrected chi connectivity index (χ0v) is 20.3. The van der Waals surface area contributed by atoms with Gasteiger partial charge in [-0.05, 0) is 48.2 Å². The van der Waals surface area contributed by atoms with Gasteiger partial charge in [0.1, 0.15) is 11.4 Å². The largest absolute Gasteiger partial charge is 0.497 e. The lowest BCUT2D eigenvalue weighted by Gasteiger charge is -2.40. The number of quaternary nitrogens is 1. The van der Waals surface area contributed by atoms with Crippen LogP contribution in [0.25, 0.3) is 0 Å². The normalized spacial score (nSPS) is 24.2. The topological polar surface area (TPSA) is 29.5 Å². The fourth-order valence-electron chi connectivity index (χ4n) is 4.59. The van der Waals surface area contributed by atoms with E-state index in [2.05, 4.69) is 71.4 Å². The molecule has 3 atom stereocenters. The summed E-state index contributed by atoms with van der Waals surface area (Å²) in [7, 11) is 8.28. The number of rotatable bonds is 7. The van der Waals surface area contributed by atoms with Crippen LogP contribution < -0.4 is 9.22 Å². The molecule has 1 N–H and O–H groups in total. The van der Waals surface area contributed by atoms with Crippen LogP contribution in [0.5, 0.6) is 5.75 Å². The Bertz CT molecular complexity index is 860. The molecular formula is C26H38NO2S+. The highest BCUT2D eigenvalue weighted by Gasteiger charge is 2.44. The third-order valence-corrected chi connectivity index (χ3v) is 8.15. The Labute approximate surface area is 187 Å². The van der Waals surface area contributed by atoms with Gasteiger partial charge in [0.2, 0.25) is 0 Å². The zero-order chi connectivity index (χ0) is 21.9. The van der Waals surface area contributed by atoms with Gasteiger partial charge in [-0.2, -0.15) is 0 Å². The Kier molecular flexibility index (Phi) is 7.21. The molecule has 0 saturated heterocycles. The minimum absolute atomic E-state index is 0.0617. The molecule has 2 aromatic carbocycles. The Balaban J connectivity index is 2.19. The molecule has 164 valence electrons. The summed E-state index contributed by atoms with van der Waals surface area (Å²) < 4.78 is 6.32. The summed E-state index contributed by atoms with van der Waals surface area (Å²) in [4.78, 5) is 1.27. The fraction of sp³-hybridized carbons (Fsp3) is 0.538. The van der Waals surface area contributed by atoms with Crippen LogP contribution in [0, 0.1) is 5.41 Å². The Morgan fingerprint density at radius 2 is 1.90 bits per heavy atom. The number of ether oxygens (including phenoxy) is 1. The highest BCUT2D eigenvalue weighted by atomic mass is 32.2. The van der Waals surface area contributed by atoms with Crippen LogP contribution in [0.4, 0.5) is 5.69 Å². The molecule has 2 aromatic rings. The lowest BCUT2D eigenvalue weighted by Crippen LogP contribution is -2.41. The van der Waals surface area contributed by atoms with E-state index in [-0.39, 0.29) is 11.3 Å². The van der Waals surface area contributed by atoms with Gasteiger partial charge in [0, 0.05) is 28.0 Å². The van der Waals surface area contributed by atoms with E-state index in [0.29, 0.717) is 0 Å². The molecule has 0 aromatic heterocycles. The van der Waals surface area contributed by atoms with Gasteiger partial charge in [-0.3, -0.25) is 4.48 Å². The van der Waals surface area contributed by atoms with Crippen molar-refractivity contribution in [2.45, 2.75) is 56.4 Å². The molecular weight excluding hydrogens is 390 g/mol. The van der Waals surface area contributed by atoms with E-state index in [9.17, 15) is 5.11 Å². The zero-order valence-electron chi connectivity index (χ0n) is 19.4. The molecule has 3 nitrogen and oxygen atoms in total. The molecule has 0 aliphatic carbocycles. The summed E-state index contributed by atoms with van der Waals surface area (Å²) in [5.74, 6) is 1.75. The third kappa shape index (κ3) is 4.56. The summed E-state index contributed by atoms with van der Waals surface area (Å²) in [5, 5.41) is 12.0. The van der Waals surface area contributed by atoms with Gasteiger partial charge in [-0.25, -0.2) is 0 Å². The predicted octanol–water partition coefficient (Wildman–Crippen LogP) is 6.08. The van der Waals surface area contributed by atoms with Crippen molar-refractivity contribution in [3.05, 3.63) is 53.6 Å². The SMILES string of the molecule is CCCCC1(CC)CSc2ccc(OC)cc2[C@@H](c2cccc([N+](C)(C)C)c2)[C@H]1O. The molecule has 1 aliphatic heterocycles. The van der Waals surface area contributed by atoms with Gasteiger partial charge >= 0.3 is 0 Å². The molecule has 30 heavy (non-hydrogen) atoms. The first-order chi connectivity index (χ1) is 14.3. The molecule has 1 aliphatic rings. The number of aliphatic hydroxyl groups excluding tert-OH is 1. The van der Waals surface area contributed by atoms with E-state index in [1.165, 1.54) is 21.7 Å². The Morgan fingerprint density at radius 1 is 1.13 bits per heavy atom. The quantitative estimate of drug-likeness (QED) is 0.542. The number of hydrogen-bond donors (Lipinski definition) is 1. The van der Waals surface area contributed by atoms with Crippen molar-refractivity contribution in [2.24, 2.45) is 5.41 Å². The lowest BCUT2D eigenvalue weighted by atomic mass is 9.69. The van der Waals surface area contributed by atoms with E-state index in [0.717, 1.165) is 41.7 Å². The monoisotopic (exact) mass is 428 g/mol. The van der Waals surface area contributed by atoms with Crippen molar-refractivity contribution in [1.29, 1.82) is 0 Å². The molecule has 0 amide bonds. The van der Waals surface area contributed by atoms with Crippen molar-refractivity contribution < 1.29 is 9.84 Å². The van der Waals surface area contributed by atoms with Gasteiger partial charge in [-0.1, -0.05) is 38.8 Å². The smallest absolute Gasteiger partial charge is 0.132 e. The number of hydrogen-bond acceptors (Lipinski definition) is 3. The number of aliphatic hydroxyl groups is 1. The third-order valence-electron chi connectivity index (χ3n) is 6.75. The Hall–Kier alpha value is -1.49. The van der Waals surface area contributed by atoms with Crippen LogP contribution in [-0.2, 0) is 0 Å². The Morgan fingerprint density at radius 3 is 2.53 bits per heavy atom. The number of fused-ring (bicyclic) bond motifs is 1. The standard InChI is InChI=1S/C26H38NO2S/c1-7-9-15-26(8-2)18-30-23-14-13-21(29-6)17-22(23)24(25(26)28)19-11-10-12-20(16-19)27(3,4)5/h10-14,16-17,24-25,28H,7-9,15,18H2,1-6H3/q+1/t24-,25-,26?/m1/s1. The van der Waals surface area contributed by atoms with Crippen molar-refractivity contribution in [1.82, 2.24) is 4.48 Å². The van der Waals surface area contributed by atoms with Crippen LogP contribution >= 0.6 is 11.8 Å². The van der Waals surface area contributed by atoms with E-state index in [4.69, 9.17) is 4.74 Å². The maximum Gasteiger partial charge on any atom is 0.132 e. The molecule has 0 spiro atoms. The van der Waals surface area contributed by atoms with Crippen LogP contribution in [-0.4, -0.2) is 45.2 Å². The second-order valence-corrected chi connectivity index (χ2v) is 10.6. The molecule has 0 saturated carbocycles. The first-order valence-electron chi connectivity index (χ1n) is 11.2. The molecule has 0 fully saturated rings. The summed E-state index contributed by atoms with van der Waals surface area (Å²) in [5.41, 5.74) is 3.54. The summed E-state index contributed by atoms with van der Waals surface area (Å²) >= 11 is 1.90. The highest BCUT2D eigenvalue weighted by molar-refractivity contribution is 7.99. The van der Waals surface area contributed by atoms with Gasteiger partial charge in [0.05, 0.1) is 34.4 Å². The number of methoxy groups -OCH3 is 1. The minimum atomic E-state index is -0.433. The predicted molar refractivity (Wildman–Crippen MR) is 130 cm³/mol. The van der Waals surface area contributed by atoms with E-state index in [1.807, 2.05) is 17.8 Å². The van der Waals surface area contributed by atoms with Crippen LogP contribution in [0.2, 0.25) is 0 Å². The van der Waals surface area contributed by atoms with Crippen molar-refractivity contribution in [2.75, 3.05) is 34.0 Å². The average molecular weight is 429 g/mol. The summed E-state index contributed by atoms with van der Waals surface area (Å²) in [6.45, 7) is 4.48. The number of unbranched alkanes of at least 4 members (excludes halogenated alkanes) is 1. The van der Waals surface area contributed by atoms with Gasteiger partial charge < -0.3 is 9.84 Å². The average Bonchev–Trinajstić information content (AvgIpc) is 2.86. The van der Waals surface area contributed by atoms with Crippen molar-refractivity contribution in [3.8, 4) is 5.75 Å². The second-order valence-electron chi connectivity index (χ2n) is 9.54. The van der Waals surface area contributed by atoms with Crippen LogP contribution in [0.1, 0.15) is 56.6 Å². The lowest BCUT2D eigenvalue weighted by molar-refractivity contribution is 0.0182. The number of nitrogens with zero attached hydrogens (tertiary/aromatic N) is 1. The summed E-state index contributed by atoms with van der Waals surface area (Å²) in [6, 6.07) is 15.1. The van der Waals surface area contributed by atoms with Crippen molar-refractivity contribution >= 4 is 17.4 Å². The van der Waals surface area contributed by atoms with E-state index < -0.39 is 6.10 Å². The van der Waals surface area contributed by atoms with Gasteiger partial charge in [0.25, 0.3) is 0 Å². The van der Waals surface area contributed by atoms with E-state index >= 15 is 0 Å². The molecule has 4 heteroatoms. The van der Waals surface area contributed by atoms with Crippen LogP contribution in [0.15, 0.2) is 47.4 Å². The first kappa shape index (κ1) is 23.2. The summed E-state index contributed by atoms with van der Waals surface area (Å²) in [6.07, 6.45) is 3.92. The molecule has 0 radical (unpaired) electrons. The molecule has 3 rings (SSSR count). The first-order valence-corrected chi connectivity index (χ1v) is 12.1. The van der Waals surface area contributed by atoms with Gasteiger partial charge in [0.15, 0.2) is 0 Å². The van der Waals surface area contributed by atoms with Gasteiger partial charge in [-0.15, -0.1) is 11.8 Å². The minimum Gasteiger partial charge on any atom is -0.497 e. The molecule has 1 heterocycles. The number of thioether (sulfide) groups is 1. The van der Waals surface area contributed by atoms with Crippen molar-refractivity contribution in [3.63, 3.8) is 0 Å².